The van der Waals surface area contributed by atoms with Crippen LogP contribution in [0.5, 0.6) is 0 Å². The Bertz CT molecular complexity index is 556. The highest BCUT2D eigenvalue weighted by Crippen LogP contribution is 2.28. The molecule has 0 unspecified atom stereocenters. The van der Waals surface area contributed by atoms with Gasteiger partial charge >= 0.3 is 0 Å². The standard InChI is InChI=1S/C16H20N2O3/c1-18(11-12-8-14(20)9-12)16(21)15-5-6-17-10-13(15)4-2-3-7-19/h5-6,10,12,14,19-20H,3,7-9,11H2,1H3. The van der Waals surface area contributed by atoms with Crippen molar-refractivity contribution in [1.82, 2.24) is 9.88 Å². The van der Waals surface area contributed by atoms with Crippen molar-refractivity contribution in [3.05, 3.63) is 29.6 Å². The van der Waals surface area contributed by atoms with Gasteiger partial charge < -0.3 is 15.1 Å². The molecule has 1 aliphatic rings. The summed E-state index contributed by atoms with van der Waals surface area (Å²) in [5, 5.41) is 18.1. The Morgan fingerprint density at radius 2 is 2.29 bits per heavy atom. The first kappa shape index (κ1) is 15.5. The predicted molar refractivity (Wildman–Crippen MR) is 78.5 cm³/mol. The maximum Gasteiger partial charge on any atom is 0.254 e. The second kappa shape index (κ2) is 7.21. The van der Waals surface area contributed by atoms with Crippen LogP contribution in [0.4, 0.5) is 0 Å². The molecule has 1 fully saturated rings. The van der Waals surface area contributed by atoms with Crippen LogP contribution in [0.1, 0.15) is 35.2 Å². The Kier molecular flexibility index (Phi) is 5.32. The van der Waals surface area contributed by atoms with Gasteiger partial charge in [-0.25, -0.2) is 0 Å². The number of rotatable bonds is 4. The van der Waals surface area contributed by atoms with Gasteiger partial charge in [-0.1, -0.05) is 11.8 Å². The largest absolute Gasteiger partial charge is 0.395 e. The van der Waals surface area contributed by atoms with Crippen molar-refractivity contribution < 1.29 is 15.0 Å². The number of amides is 1. The van der Waals surface area contributed by atoms with Crippen LogP contribution in [0.2, 0.25) is 0 Å². The van der Waals surface area contributed by atoms with Crippen molar-refractivity contribution in [3.63, 3.8) is 0 Å². The summed E-state index contributed by atoms with van der Waals surface area (Å²) in [6.07, 6.45) is 4.83. The van der Waals surface area contributed by atoms with E-state index in [-0.39, 0.29) is 18.6 Å². The molecular weight excluding hydrogens is 268 g/mol. The van der Waals surface area contributed by atoms with Crippen molar-refractivity contribution in [2.24, 2.45) is 5.92 Å². The van der Waals surface area contributed by atoms with E-state index in [0.717, 1.165) is 12.8 Å². The first-order valence-corrected chi connectivity index (χ1v) is 7.09. The summed E-state index contributed by atoms with van der Waals surface area (Å²) in [5.41, 5.74) is 1.11. The molecule has 0 radical (unpaired) electrons. The molecule has 0 aliphatic heterocycles. The summed E-state index contributed by atoms with van der Waals surface area (Å²) in [6.45, 7) is 0.641. The Morgan fingerprint density at radius 3 is 2.95 bits per heavy atom. The fraction of sp³-hybridized carbons (Fsp3) is 0.500. The van der Waals surface area contributed by atoms with E-state index in [1.807, 2.05) is 0 Å². The third kappa shape index (κ3) is 4.03. The number of aliphatic hydroxyl groups is 2. The van der Waals surface area contributed by atoms with Gasteiger partial charge in [0.1, 0.15) is 0 Å². The van der Waals surface area contributed by atoms with Gasteiger partial charge in [0, 0.05) is 32.4 Å². The Balaban J connectivity index is 2.06. The van der Waals surface area contributed by atoms with Gasteiger partial charge in [0.15, 0.2) is 0 Å². The van der Waals surface area contributed by atoms with Gasteiger partial charge in [-0.3, -0.25) is 9.78 Å². The Morgan fingerprint density at radius 1 is 1.52 bits per heavy atom. The molecule has 1 aliphatic carbocycles. The van der Waals surface area contributed by atoms with Crippen LogP contribution in [0.15, 0.2) is 18.5 Å². The molecule has 1 saturated carbocycles. The average Bonchev–Trinajstić information content (AvgIpc) is 2.45. The lowest BCUT2D eigenvalue weighted by atomic mass is 9.82. The molecular formula is C16H20N2O3. The fourth-order valence-electron chi connectivity index (χ4n) is 2.42. The molecule has 2 N–H and O–H groups in total. The van der Waals surface area contributed by atoms with Gasteiger partial charge in [-0.15, -0.1) is 0 Å². The number of carbonyl (C=O) groups is 1. The molecule has 112 valence electrons. The van der Waals surface area contributed by atoms with E-state index in [1.165, 1.54) is 0 Å². The average molecular weight is 288 g/mol. The van der Waals surface area contributed by atoms with Crippen molar-refractivity contribution in [2.75, 3.05) is 20.2 Å². The minimum Gasteiger partial charge on any atom is -0.395 e. The Labute approximate surface area is 124 Å². The number of aromatic nitrogens is 1. The molecule has 0 spiro atoms. The maximum atomic E-state index is 12.5. The third-order valence-electron chi connectivity index (χ3n) is 3.60. The van der Waals surface area contributed by atoms with E-state index in [9.17, 15) is 9.90 Å². The highest BCUT2D eigenvalue weighted by molar-refractivity contribution is 5.96. The third-order valence-corrected chi connectivity index (χ3v) is 3.60. The molecule has 2 rings (SSSR count). The molecule has 0 saturated heterocycles. The summed E-state index contributed by atoms with van der Waals surface area (Å²) >= 11 is 0. The van der Waals surface area contributed by atoms with E-state index < -0.39 is 0 Å². The first-order valence-electron chi connectivity index (χ1n) is 7.09. The van der Waals surface area contributed by atoms with Crippen molar-refractivity contribution >= 4 is 5.91 Å². The molecule has 0 aromatic carbocycles. The van der Waals surface area contributed by atoms with Crippen molar-refractivity contribution in [2.45, 2.75) is 25.4 Å². The lowest BCUT2D eigenvalue weighted by Gasteiger charge is -2.34. The number of hydrogen-bond acceptors (Lipinski definition) is 4. The Hall–Kier alpha value is -1.90. The monoisotopic (exact) mass is 288 g/mol. The molecule has 1 aromatic rings. The van der Waals surface area contributed by atoms with Crippen LogP contribution >= 0.6 is 0 Å². The van der Waals surface area contributed by atoms with E-state index >= 15 is 0 Å². The quantitative estimate of drug-likeness (QED) is 0.798. The number of aliphatic hydroxyl groups excluding tert-OH is 2. The van der Waals surface area contributed by atoms with Crippen LogP contribution < -0.4 is 0 Å². The molecule has 1 amide bonds. The number of pyridine rings is 1. The van der Waals surface area contributed by atoms with Gasteiger partial charge in [-0.2, -0.15) is 0 Å². The predicted octanol–water partition coefficient (Wildman–Crippen LogP) is 0.658. The zero-order valence-corrected chi connectivity index (χ0v) is 12.1. The summed E-state index contributed by atoms with van der Waals surface area (Å²) in [7, 11) is 1.76. The van der Waals surface area contributed by atoms with E-state index in [2.05, 4.69) is 16.8 Å². The zero-order valence-electron chi connectivity index (χ0n) is 12.1. The summed E-state index contributed by atoms with van der Waals surface area (Å²) in [4.78, 5) is 18.1. The topological polar surface area (TPSA) is 73.7 Å². The van der Waals surface area contributed by atoms with Gasteiger partial charge in [0.2, 0.25) is 0 Å². The minimum atomic E-state index is -0.209. The smallest absolute Gasteiger partial charge is 0.254 e. The van der Waals surface area contributed by atoms with E-state index in [4.69, 9.17) is 5.11 Å². The highest BCUT2D eigenvalue weighted by atomic mass is 16.3. The number of hydrogen-bond donors (Lipinski definition) is 2. The summed E-state index contributed by atoms with van der Waals surface area (Å²) in [5.74, 6) is 5.97. The molecule has 1 heterocycles. The van der Waals surface area contributed by atoms with Crippen LogP contribution in [0.25, 0.3) is 0 Å². The van der Waals surface area contributed by atoms with Crippen LogP contribution in [0.3, 0.4) is 0 Å². The lowest BCUT2D eigenvalue weighted by Crippen LogP contribution is -2.39. The molecule has 21 heavy (non-hydrogen) atoms. The maximum absolute atomic E-state index is 12.5. The second-order valence-electron chi connectivity index (χ2n) is 5.37. The van der Waals surface area contributed by atoms with Crippen LogP contribution in [-0.4, -0.2) is 52.3 Å². The van der Waals surface area contributed by atoms with Crippen molar-refractivity contribution in [3.8, 4) is 11.8 Å². The van der Waals surface area contributed by atoms with E-state index in [0.29, 0.717) is 30.0 Å². The van der Waals surface area contributed by atoms with Crippen LogP contribution in [0, 0.1) is 17.8 Å². The van der Waals surface area contributed by atoms with Gasteiger partial charge in [0.05, 0.1) is 23.8 Å². The van der Waals surface area contributed by atoms with Crippen LogP contribution in [-0.2, 0) is 0 Å². The summed E-state index contributed by atoms with van der Waals surface area (Å²) < 4.78 is 0. The second-order valence-corrected chi connectivity index (χ2v) is 5.37. The summed E-state index contributed by atoms with van der Waals surface area (Å²) in [6, 6.07) is 1.66. The van der Waals surface area contributed by atoms with E-state index in [1.54, 1.807) is 30.4 Å². The molecule has 5 nitrogen and oxygen atoms in total. The molecule has 0 bridgehead atoms. The molecule has 1 aromatic heterocycles. The van der Waals surface area contributed by atoms with Gasteiger partial charge in [0.25, 0.3) is 5.91 Å². The highest BCUT2D eigenvalue weighted by Gasteiger charge is 2.29. The van der Waals surface area contributed by atoms with Crippen molar-refractivity contribution in [1.29, 1.82) is 0 Å². The zero-order chi connectivity index (χ0) is 15.2. The van der Waals surface area contributed by atoms with Gasteiger partial charge in [-0.05, 0) is 24.8 Å². The first-order chi connectivity index (χ1) is 10.1. The number of nitrogens with zero attached hydrogens (tertiary/aromatic N) is 2. The fourth-order valence-corrected chi connectivity index (χ4v) is 2.42. The normalized spacial score (nSPS) is 20.1. The molecule has 5 heteroatoms. The minimum absolute atomic E-state index is 0.000448. The number of carbonyl (C=O) groups excluding carboxylic acids is 1. The SMILES string of the molecule is CN(CC1CC(O)C1)C(=O)c1ccncc1C#CCCO. The molecule has 0 atom stereocenters. The lowest BCUT2D eigenvalue weighted by molar-refractivity contribution is 0.0265.